The van der Waals surface area contributed by atoms with Crippen LogP contribution in [0.15, 0.2) is 48.6 Å². The van der Waals surface area contributed by atoms with Crippen molar-refractivity contribution in [1.82, 2.24) is 0 Å². The van der Waals surface area contributed by atoms with E-state index in [1.165, 1.54) is 30.3 Å². The lowest BCUT2D eigenvalue weighted by Crippen LogP contribution is -2.30. The molecule has 1 spiro atoms. The Bertz CT molecular complexity index is 755. The van der Waals surface area contributed by atoms with Crippen molar-refractivity contribution in [2.75, 3.05) is 0 Å². The number of hydrogen-bond acceptors (Lipinski definition) is 5. The summed E-state index contributed by atoms with van der Waals surface area (Å²) in [5, 5.41) is 19.2. The summed E-state index contributed by atoms with van der Waals surface area (Å²) in [5.74, 6) is 0.400. The zero-order valence-electron chi connectivity index (χ0n) is 10.7. The minimum absolute atomic E-state index is 0.0424. The highest BCUT2D eigenvalue weighted by molar-refractivity contribution is 5.87. The summed E-state index contributed by atoms with van der Waals surface area (Å²) in [6.45, 7) is 0. The number of carbonyl (C=O) groups excluding carboxylic acids is 1. The third-order valence-corrected chi connectivity index (χ3v) is 3.67. The molecule has 0 amide bonds. The number of phenolic OH excluding ortho intramolecular Hbond substituents is 2. The van der Waals surface area contributed by atoms with Crippen molar-refractivity contribution in [3.63, 3.8) is 0 Å². The third kappa shape index (κ3) is 1.54. The van der Waals surface area contributed by atoms with Gasteiger partial charge in [0.15, 0.2) is 5.60 Å². The molecular weight excluding hydrogens is 272 g/mol. The summed E-state index contributed by atoms with van der Waals surface area (Å²) >= 11 is 0. The van der Waals surface area contributed by atoms with E-state index in [1.54, 1.807) is 18.2 Å². The van der Waals surface area contributed by atoms with Crippen LogP contribution in [0.25, 0.3) is 0 Å². The lowest BCUT2D eigenvalue weighted by molar-refractivity contribution is -0.143. The second-order valence-corrected chi connectivity index (χ2v) is 4.95. The Morgan fingerprint density at radius 3 is 1.95 bits per heavy atom. The molecule has 2 heterocycles. The topological polar surface area (TPSA) is 76.0 Å². The second-order valence-electron chi connectivity index (χ2n) is 4.95. The Kier molecular flexibility index (Phi) is 2.14. The van der Waals surface area contributed by atoms with Gasteiger partial charge in [-0.2, -0.15) is 0 Å². The summed E-state index contributed by atoms with van der Waals surface area (Å²) in [7, 11) is 0. The van der Waals surface area contributed by atoms with Crippen LogP contribution in [0.3, 0.4) is 0 Å². The highest BCUT2D eigenvalue weighted by Gasteiger charge is 2.46. The lowest BCUT2D eigenvalue weighted by Gasteiger charge is -2.34. The zero-order chi connectivity index (χ0) is 14.6. The molecule has 0 aliphatic carbocycles. The number of fused-ring (bicyclic) bond motifs is 4. The molecule has 2 aliphatic rings. The molecule has 0 radical (unpaired) electrons. The molecular formula is C16H10O5. The van der Waals surface area contributed by atoms with Crippen LogP contribution in [-0.2, 0) is 15.1 Å². The maximum atomic E-state index is 11.6. The van der Waals surface area contributed by atoms with Gasteiger partial charge in [-0.15, -0.1) is 0 Å². The van der Waals surface area contributed by atoms with Gasteiger partial charge in [-0.3, -0.25) is 0 Å². The zero-order valence-corrected chi connectivity index (χ0v) is 10.7. The van der Waals surface area contributed by atoms with E-state index in [4.69, 9.17) is 9.47 Å². The van der Waals surface area contributed by atoms with Gasteiger partial charge < -0.3 is 19.7 Å². The SMILES string of the molecule is O=C1C=CC2(O1)c1ccc(O)cc1Oc1cc(O)ccc12. The highest BCUT2D eigenvalue weighted by atomic mass is 16.6. The Balaban J connectivity index is 2.03. The molecule has 0 unspecified atom stereocenters. The van der Waals surface area contributed by atoms with Crippen molar-refractivity contribution < 1.29 is 24.5 Å². The van der Waals surface area contributed by atoms with Crippen molar-refractivity contribution in [1.29, 1.82) is 0 Å². The van der Waals surface area contributed by atoms with E-state index in [0.29, 0.717) is 22.6 Å². The van der Waals surface area contributed by atoms with Gasteiger partial charge in [0.2, 0.25) is 0 Å². The second kappa shape index (κ2) is 3.79. The van der Waals surface area contributed by atoms with Crippen molar-refractivity contribution >= 4 is 5.97 Å². The van der Waals surface area contributed by atoms with E-state index in [0.717, 1.165) is 0 Å². The van der Waals surface area contributed by atoms with E-state index in [-0.39, 0.29) is 11.5 Å². The van der Waals surface area contributed by atoms with Crippen LogP contribution in [0.2, 0.25) is 0 Å². The molecule has 0 fully saturated rings. The maximum absolute atomic E-state index is 11.6. The van der Waals surface area contributed by atoms with Crippen molar-refractivity contribution in [2.45, 2.75) is 5.60 Å². The predicted molar refractivity (Wildman–Crippen MR) is 72.3 cm³/mol. The van der Waals surface area contributed by atoms with E-state index >= 15 is 0 Å². The van der Waals surface area contributed by atoms with E-state index in [9.17, 15) is 15.0 Å². The Morgan fingerprint density at radius 1 is 0.905 bits per heavy atom. The number of benzene rings is 2. The quantitative estimate of drug-likeness (QED) is 0.726. The summed E-state index contributed by atoms with van der Waals surface area (Å²) in [5.41, 5.74) is 0.169. The van der Waals surface area contributed by atoms with Gasteiger partial charge in [0, 0.05) is 29.3 Å². The summed E-state index contributed by atoms with van der Waals surface area (Å²) in [6, 6.07) is 9.23. The van der Waals surface area contributed by atoms with Crippen LogP contribution in [0.5, 0.6) is 23.0 Å². The van der Waals surface area contributed by atoms with Crippen LogP contribution < -0.4 is 4.74 Å². The molecule has 0 bridgehead atoms. The number of ether oxygens (including phenoxy) is 2. The van der Waals surface area contributed by atoms with E-state index in [2.05, 4.69) is 0 Å². The van der Waals surface area contributed by atoms with Crippen LogP contribution in [0.1, 0.15) is 11.1 Å². The molecule has 0 atom stereocenters. The normalized spacial score (nSPS) is 17.0. The molecule has 0 saturated heterocycles. The fourth-order valence-electron chi connectivity index (χ4n) is 2.77. The molecule has 5 heteroatoms. The largest absolute Gasteiger partial charge is 0.508 e. The van der Waals surface area contributed by atoms with Gasteiger partial charge >= 0.3 is 5.97 Å². The average Bonchev–Trinajstić information content (AvgIpc) is 2.81. The molecule has 104 valence electrons. The number of rotatable bonds is 0. The fraction of sp³-hybridized carbons (Fsp3) is 0.0625. The van der Waals surface area contributed by atoms with Crippen LogP contribution >= 0.6 is 0 Å². The number of phenols is 2. The van der Waals surface area contributed by atoms with Crippen LogP contribution in [0.4, 0.5) is 0 Å². The number of carbonyl (C=O) groups is 1. The summed E-state index contributed by atoms with van der Waals surface area (Å²) < 4.78 is 11.2. The molecule has 5 nitrogen and oxygen atoms in total. The molecule has 2 aromatic carbocycles. The highest BCUT2D eigenvalue weighted by Crippen LogP contribution is 2.52. The number of aromatic hydroxyl groups is 2. The first kappa shape index (κ1) is 11.8. The van der Waals surface area contributed by atoms with Gasteiger partial charge in [-0.05, 0) is 30.3 Å². The van der Waals surface area contributed by atoms with Gasteiger partial charge in [0.05, 0.1) is 0 Å². The Hall–Kier alpha value is -2.95. The Morgan fingerprint density at radius 2 is 1.48 bits per heavy atom. The van der Waals surface area contributed by atoms with Gasteiger partial charge in [-0.1, -0.05) is 0 Å². The predicted octanol–water partition coefficient (Wildman–Crippen LogP) is 2.56. The summed E-state index contributed by atoms with van der Waals surface area (Å²) in [6.07, 6.45) is 3.02. The smallest absolute Gasteiger partial charge is 0.332 e. The molecule has 0 aromatic heterocycles. The first-order valence-corrected chi connectivity index (χ1v) is 6.35. The van der Waals surface area contributed by atoms with Crippen molar-refractivity contribution in [3.05, 3.63) is 59.7 Å². The minimum Gasteiger partial charge on any atom is -0.508 e. The van der Waals surface area contributed by atoms with Gasteiger partial charge in [0.25, 0.3) is 0 Å². The minimum atomic E-state index is -1.08. The first-order valence-electron chi connectivity index (χ1n) is 6.35. The number of esters is 1. The lowest BCUT2D eigenvalue weighted by atomic mass is 9.83. The van der Waals surface area contributed by atoms with Crippen LogP contribution in [-0.4, -0.2) is 16.2 Å². The molecule has 2 N–H and O–H groups in total. The third-order valence-electron chi connectivity index (χ3n) is 3.67. The van der Waals surface area contributed by atoms with Gasteiger partial charge in [-0.25, -0.2) is 4.79 Å². The van der Waals surface area contributed by atoms with E-state index in [1.807, 2.05) is 0 Å². The average molecular weight is 282 g/mol. The molecule has 2 aromatic rings. The standard InChI is InChI=1S/C16H10O5/c17-9-1-3-11-13(7-9)20-14-8-10(18)2-4-12(14)16(11)6-5-15(19)21-16/h1-8,17-18H. The molecule has 0 saturated carbocycles. The fourth-order valence-corrected chi connectivity index (χ4v) is 2.77. The van der Waals surface area contributed by atoms with Gasteiger partial charge in [0.1, 0.15) is 23.0 Å². The molecule has 2 aliphatic heterocycles. The Labute approximate surface area is 119 Å². The van der Waals surface area contributed by atoms with Crippen molar-refractivity contribution in [3.8, 4) is 23.0 Å². The monoisotopic (exact) mass is 282 g/mol. The molecule has 21 heavy (non-hydrogen) atoms. The maximum Gasteiger partial charge on any atom is 0.332 e. The van der Waals surface area contributed by atoms with Crippen LogP contribution in [0, 0.1) is 0 Å². The van der Waals surface area contributed by atoms with Crippen molar-refractivity contribution in [2.24, 2.45) is 0 Å². The van der Waals surface area contributed by atoms with E-state index < -0.39 is 11.6 Å². The summed E-state index contributed by atoms with van der Waals surface area (Å²) in [4.78, 5) is 11.6. The number of hydrogen-bond donors (Lipinski definition) is 2. The first-order chi connectivity index (χ1) is 10.1. The molecule has 4 rings (SSSR count).